The van der Waals surface area contributed by atoms with Crippen LogP contribution in [0, 0.1) is 12.8 Å². The Bertz CT molecular complexity index is 664. The summed E-state index contributed by atoms with van der Waals surface area (Å²) in [5, 5.41) is 0. The molecule has 0 radical (unpaired) electrons. The van der Waals surface area contributed by atoms with Crippen LogP contribution in [0.4, 0.5) is 0 Å². The monoisotopic (exact) mass is 354 g/mol. The van der Waals surface area contributed by atoms with E-state index >= 15 is 0 Å². The molecule has 0 N–H and O–H groups in total. The third-order valence-corrected chi connectivity index (χ3v) is 4.34. The number of aryl methyl sites for hydroxylation is 1. The van der Waals surface area contributed by atoms with Gasteiger partial charge in [0.05, 0.1) is 0 Å². The maximum atomic E-state index is 12.7. The number of ether oxygens (including phenoxy) is 2. The summed E-state index contributed by atoms with van der Waals surface area (Å²) in [6.45, 7) is 6.41. The van der Waals surface area contributed by atoms with Gasteiger partial charge in [0.15, 0.2) is 6.10 Å². The Morgan fingerprint density at radius 1 is 0.885 bits per heavy atom. The molecule has 0 bridgehead atoms. The first-order valence-electron chi connectivity index (χ1n) is 9.55. The van der Waals surface area contributed by atoms with Crippen LogP contribution in [0.15, 0.2) is 54.6 Å². The molecule has 0 aromatic heterocycles. The molecule has 0 amide bonds. The highest BCUT2D eigenvalue weighted by Gasteiger charge is 2.23. The van der Waals surface area contributed by atoms with Gasteiger partial charge in [0.25, 0.3) is 0 Å². The van der Waals surface area contributed by atoms with E-state index in [1.165, 1.54) is 12.8 Å². The standard InChI is InChI=1S/C23H30O3/c1-18(2)12-6-4-9-17-22(25-20-14-7-5-8-15-20)23(24)26-21-16-11-10-13-19(21)3/h5,7-8,10-11,13-16,18,22H,4,6,9,12,17H2,1-3H3. The summed E-state index contributed by atoms with van der Waals surface area (Å²) in [6, 6.07) is 17.0. The minimum absolute atomic E-state index is 0.327. The molecule has 2 aromatic carbocycles. The number of esters is 1. The van der Waals surface area contributed by atoms with E-state index in [2.05, 4.69) is 13.8 Å². The van der Waals surface area contributed by atoms with Gasteiger partial charge in [-0.15, -0.1) is 0 Å². The number of hydrogen-bond acceptors (Lipinski definition) is 3. The van der Waals surface area contributed by atoms with E-state index in [0.29, 0.717) is 17.9 Å². The van der Waals surface area contributed by atoms with E-state index in [-0.39, 0.29) is 5.97 Å². The van der Waals surface area contributed by atoms with Crippen molar-refractivity contribution in [3.8, 4) is 11.5 Å². The van der Waals surface area contributed by atoms with Gasteiger partial charge in [0.2, 0.25) is 0 Å². The lowest BCUT2D eigenvalue weighted by Crippen LogP contribution is -2.31. The van der Waals surface area contributed by atoms with E-state index in [0.717, 1.165) is 24.3 Å². The summed E-state index contributed by atoms with van der Waals surface area (Å²) >= 11 is 0. The average Bonchev–Trinajstić information content (AvgIpc) is 2.63. The van der Waals surface area contributed by atoms with E-state index in [1.54, 1.807) is 0 Å². The molecule has 0 heterocycles. The molecule has 140 valence electrons. The minimum atomic E-state index is -0.587. The van der Waals surface area contributed by atoms with Crippen LogP contribution in [0.2, 0.25) is 0 Å². The molecule has 0 aliphatic carbocycles. The lowest BCUT2D eigenvalue weighted by Gasteiger charge is -2.18. The summed E-state index contributed by atoms with van der Waals surface area (Å²) in [7, 11) is 0. The largest absolute Gasteiger partial charge is 0.479 e. The number of unbranched alkanes of at least 4 members (excludes halogenated alkanes) is 2. The molecule has 3 heteroatoms. The highest BCUT2D eigenvalue weighted by Crippen LogP contribution is 2.21. The van der Waals surface area contributed by atoms with Crippen molar-refractivity contribution < 1.29 is 14.3 Å². The van der Waals surface area contributed by atoms with Crippen molar-refractivity contribution in [2.45, 2.75) is 59.0 Å². The van der Waals surface area contributed by atoms with Gasteiger partial charge < -0.3 is 9.47 Å². The maximum absolute atomic E-state index is 12.7. The molecule has 0 spiro atoms. The van der Waals surface area contributed by atoms with Gasteiger partial charge in [-0.25, -0.2) is 4.79 Å². The van der Waals surface area contributed by atoms with E-state index in [1.807, 2.05) is 61.5 Å². The van der Waals surface area contributed by atoms with Crippen LogP contribution in [-0.4, -0.2) is 12.1 Å². The first-order chi connectivity index (χ1) is 12.6. The van der Waals surface area contributed by atoms with Crippen molar-refractivity contribution in [2.75, 3.05) is 0 Å². The van der Waals surface area contributed by atoms with Crippen molar-refractivity contribution in [1.29, 1.82) is 0 Å². The lowest BCUT2D eigenvalue weighted by molar-refractivity contribution is -0.142. The normalized spacial score (nSPS) is 12.0. The molecule has 26 heavy (non-hydrogen) atoms. The third-order valence-electron chi connectivity index (χ3n) is 4.34. The smallest absolute Gasteiger partial charge is 0.352 e. The van der Waals surface area contributed by atoms with Crippen LogP contribution in [0.3, 0.4) is 0 Å². The van der Waals surface area contributed by atoms with Gasteiger partial charge in [-0.2, -0.15) is 0 Å². The second kappa shape index (κ2) is 10.6. The van der Waals surface area contributed by atoms with Crippen LogP contribution in [0.1, 0.15) is 51.5 Å². The van der Waals surface area contributed by atoms with Gasteiger partial charge in [-0.05, 0) is 49.4 Å². The van der Waals surface area contributed by atoms with Crippen molar-refractivity contribution in [3.63, 3.8) is 0 Å². The first-order valence-corrected chi connectivity index (χ1v) is 9.55. The SMILES string of the molecule is Cc1ccccc1OC(=O)C(CCCCCC(C)C)Oc1ccccc1. The molecule has 1 unspecified atom stereocenters. The van der Waals surface area contributed by atoms with Gasteiger partial charge in [-0.1, -0.05) is 69.5 Å². The lowest BCUT2D eigenvalue weighted by atomic mass is 10.0. The summed E-state index contributed by atoms with van der Waals surface area (Å²) in [5.74, 6) is 1.68. The Hall–Kier alpha value is -2.29. The summed E-state index contributed by atoms with van der Waals surface area (Å²) in [4.78, 5) is 12.7. The Labute approximate surface area is 157 Å². The number of benzene rings is 2. The summed E-state index contributed by atoms with van der Waals surface area (Å²) < 4.78 is 11.6. The van der Waals surface area contributed by atoms with Crippen LogP contribution >= 0.6 is 0 Å². The Morgan fingerprint density at radius 2 is 1.54 bits per heavy atom. The topological polar surface area (TPSA) is 35.5 Å². The van der Waals surface area contributed by atoms with Gasteiger partial charge in [-0.3, -0.25) is 0 Å². The molecule has 2 rings (SSSR count). The number of carbonyl (C=O) groups excluding carboxylic acids is 1. The molecular formula is C23H30O3. The highest BCUT2D eigenvalue weighted by molar-refractivity contribution is 5.78. The Morgan fingerprint density at radius 3 is 2.23 bits per heavy atom. The van der Waals surface area contributed by atoms with Crippen LogP contribution in [-0.2, 0) is 4.79 Å². The fraction of sp³-hybridized carbons (Fsp3) is 0.435. The molecule has 2 aromatic rings. The fourth-order valence-electron chi connectivity index (χ4n) is 2.79. The number of carbonyl (C=O) groups is 1. The molecule has 0 saturated carbocycles. The summed E-state index contributed by atoms with van der Waals surface area (Å²) in [5.41, 5.74) is 0.941. The van der Waals surface area contributed by atoms with Crippen molar-refractivity contribution in [2.24, 2.45) is 5.92 Å². The zero-order valence-electron chi connectivity index (χ0n) is 16.1. The van der Waals surface area contributed by atoms with E-state index in [4.69, 9.17) is 9.47 Å². The number of para-hydroxylation sites is 2. The summed E-state index contributed by atoms with van der Waals surface area (Å²) in [6.07, 6.45) is 4.53. The zero-order chi connectivity index (χ0) is 18.8. The third kappa shape index (κ3) is 6.91. The molecule has 0 saturated heterocycles. The first kappa shape index (κ1) is 20.0. The highest BCUT2D eigenvalue weighted by atomic mass is 16.6. The van der Waals surface area contributed by atoms with Crippen molar-refractivity contribution in [3.05, 3.63) is 60.2 Å². The van der Waals surface area contributed by atoms with Gasteiger partial charge >= 0.3 is 5.97 Å². The maximum Gasteiger partial charge on any atom is 0.352 e. The predicted octanol–water partition coefficient (Wildman–Crippen LogP) is 5.95. The quantitative estimate of drug-likeness (QED) is 0.300. The van der Waals surface area contributed by atoms with Crippen molar-refractivity contribution >= 4 is 5.97 Å². The van der Waals surface area contributed by atoms with Crippen molar-refractivity contribution in [1.82, 2.24) is 0 Å². The Kier molecular flexibility index (Phi) is 8.20. The predicted molar refractivity (Wildman–Crippen MR) is 106 cm³/mol. The molecule has 0 aliphatic rings. The zero-order valence-corrected chi connectivity index (χ0v) is 16.1. The Balaban J connectivity index is 1.97. The molecule has 0 fully saturated rings. The molecule has 0 aliphatic heterocycles. The number of rotatable bonds is 10. The van der Waals surface area contributed by atoms with Crippen LogP contribution < -0.4 is 9.47 Å². The van der Waals surface area contributed by atoms with Gasteiger partial charge in [0, 0.05) is 0 Å². The van der Waals surface area contributed by atoms with Gasteiger partial charge in [0.1, 0.15) is 11.5 Å². The second-order valence-electron chi connectivity index (χ2n) is 7.14. The van der Waals surface area contributed by atoms with E-state index < -0.39 is 6.10 Å². The molecular weight excluding hydrogens is 324 g/mol. The van der Waals surface area contributed by atoms with E-state index in [9.17, 15) is 4.79 Å². The van der Waals surface area contributed by atoms with Crippen LogP contribution in [0.5, 0.6) is 11.5 Å². The molecule has 1 atom stereocenters. The number of hydrogen-bond donors (Lipinski definition) is 0. The van der Waals surface area contributed by atoms with Crippen LogP contribution in [0.25, 0.3) is 0 Å². The fourth-order valence-corrected chi connectivity index (χ4v) is 2.79. The minimum Gasteiger partial charge on any atom is -0.479 e. The second-order valence-corrected chi connectivity index (χ2v) is 7.14. The average molecular weight is 354 g/mol. The molecule has 3 nitrogen and oxygen atoms in total.